The van der Waals surface area contributed by atoms with E-state index in [1.165, 1.54) is 0 Å². The Morgan fingerprint density at radius 2 is 2.33 bits per heavy atom. The minimum Gasteiger partial charge on any atom is -0.488 e. The van der Waals surface area contributed by atoms with Crippen LogP contribution in [-0.2, 0) is 11.2 Å². The molecule has 0 spiro atoms. The van der Waals surface area contributed by atoms with Gasteiger partial charge in [-0.3, -0.25) is 4.79 Å². The van der Waals surface area contributed by atoms with Gasteiger partial charge in [-0.2, -0.15) is 0 Å². The molecule has 1 unspecified atom stereocenters. The second-order valence-corrected chi connectivity index (χ2v) is 4.38. The summed E-state index contributed by atoms with van der Waals surface area (Å²) in [5.74, 6) is -0.444. The van der Waals surface area contributed by atoms with Crippen molar-refractivity contribution in [3.63, 3.8) is 0 Å². The number of nitrogens with two attached hydrogens (primary N) is 1. The van der Waals surface area contributed by atoms with Crippen molar-refractivity contribution in [2.24, 2.45) is 5.73 Å². The molecule has 1 aromatic rings. The highest BCUT2D eigenvalue weighted by Gasteiger charge is 2.14. The Morgan fingerprint density at radius 3 is 2.83 bits per heavy atom. The maximum Gasteiger partial charge on any atom is 0.320 e. The molecule has 0 radical (unpaired) electrons. The topological polar surface area (TPSA) is 72.5 Å². The van der Waals surface area contributed by atoms with E-state index >= 15 is 0 Å². The Bertz CT molecular complexity index is 437. The van der Waals surface area contributed by atoms with Crippen molar-refractivity contribution in [1.82, 2.24) is 0 Å². The van der Waals surface area contributed by atoms with Gasteiger partial charge in [0.05, 0.1) is 5.02 Å². The number of rotatable bonds is 6. The summed E-state index contributed by atoms with van der Waals surface area (Å²) >= 11 is 6.09. The monoisotopic (exact) mass is 269 g/mol. The van der Waals surface area contributed by atoms with Crippen LogP contribution in [0.25, 0.3) is 0 Å². The normalized spacial score (nSPS) is 11.9. The molecule has 0 aromatic heterocycles. The van der Waals surface area contributed by atoms with Crippen LogP contribution in [0.3, 0.4) is 0 Å². The average molecular weight is 270 g/mol. The van der Waals surface area contributed by atoms with Gasteiger partial charge in [-0.1, -0.05) is 30.3 Å². The van der Waals surface area contributed by atoms with Gasteiger partial charge in [0.2, 0.25) is 0 Å². The zero-order valence-electron chi connectivity index (χ0n) is 10.1. The molecule has 0 aliphatic heterocycles. The average Bonchev–Trinajstić information content (AvgIpc) is 2.27. The van der Waals surface area contributed by atoms with Gasteiger partial charge in [-0.15, -0.1) is 0 Å². The highest BCUT2D eigenvalue weighted by molar-refractivity contribution is 6.32. The summed E-state index contributed by atoms with van der Waals surface area (Å²) in [5, 5.41) is 9.21. The molecule has 18 heavy (non-hydrogen) atoms. The van der Waals surface area contributed by atoms with Gasteiger partial charge in [0.25, 0.3) is 0 Å². The molecule has 1 atom stereocenters. The van der Waals surface area contributed by atoms with Gasteiger partial charge in [0.1, 0.15) is 18.4 Å². The summed E-state index contributed by atoms with van der Waals surface area (Å²) in [4.78, 5) is 10.7. The predicted molar refractivity (Wildman–Crippen MR) is 71.2 cm³/mol. The molecule has 1 rings (SSSR count). The Balaban J connectivity index is 2.91. The van der Waals surface area contributed by atoms with Crippen molar-refractivity contribution in [1.29, 1.82) is 0 Å². The van der Waals surface area contributed by atoms with Crippen LogP contribution in [-0.4, -0.2) is 23.7 Å². The van der Waals surface area contributed by atoms with E-state index in [0.29, 0.717) is 17.4 Å². The van der Waals surface area contributed by atoms with Crippen LogP contribution in [0.4, 0.5) is 0 Å². The summed E-state index contributed by atoms with van der Waals surface area (Å²) in [7, 11) is 0. The van der Waals surface area contributed by atoms with E-state index < -0.39 is 12.0 Å². The molecule has 0 aliphatic rings. The number of hydrogen-bond acceptors (Lipinski definition) is 3. The first-order valence-electron chi connectivity index (χ1n) is 5.46. The van der Waals surface area contributed by atoms with Crippen molar-refractivity contribution in [3.8, 4) is 5.75 Å². The SMILES string of the molecule is C=CCOc1c(C)cc(CC(N)C(=O)O)cc1Cl. The first-order valence-corrected chi connectivity index (χ1v) is 5.84. The lowest BCUT2D eigenvalue weighted by atomic mass is 10.0. The number of aryl methyl sites for hydroxylation is 1. The van der Waals surface area contributed by atoms with Crippen molar-refractivity contribution in [2.45, 2.75) is 19.4 Å². The molecular formula is C13H16ClNO3. The molecule has 5 heteroatoms. The van der Waals surface area contributed by atoms with Crippen molar-refractivity contribution < 1.29 is 14.6 Å². The Hall–Kier alpha value is -1.52. The quantitative estimate of drug-likeness (QED) is 0.777. The zero-order valence-corrected chi connectivity index (χ0v) is 10.9. The van der Waals surface area contributed by atoms with Crippen LogP contribution >= 0.6 is 11.6 Å². The maximum atomic E-state index is 10.7. The standard InChI is InChI=1S/C13H16ClNO3/c1-3-4-18-12-8(2)5-9(6-10(12)14)7-11(15)13(16)17/h3,5-6,11H,1,4,7,15H2,2H3,(H,16,17). The van der Waals surface area contributed by atoms with Crippen LogP contribution in [0.2, 0.25) is 5.02 Å². The van der Waals surface area contributed by atoms with Crippen molar-refractivity contribution >= 4 is 17.6 Å². The molecule has 0 bridgehead atoms. The lowest BCUT2D eigenvalue weighted by Crippen LogP contribution is -2.32. The summed E-state index contributed by atoms with van der Waals surface area (Å²) in [5.41, 5.74) is 7.10. The molecule has 98 valence electrons. The Kier molecular flexibility index (Phi) is 5.19. The van der Waals surface area contributed by atoms with E-state index in [1.54, 1.807) is 12.1 Å². The predicted octanol–water partition coefficient (Wildman–Crippen LogP) is 2.17. The molecule has 0 saturated heterocycles. The van der Waals surface area contributed by atoms with Crippen LogP contribution < -0.4 is 10.5 Å². The van der Waals surface area contributed by atoms with E-state index in [1.807, 2.05) is 13.0 Å². The Labute approximate surface area is 111 Å². The summed E-state index contributed by atoms with van der Waals surface area (Å²) in [6.07, 6.45) is 1.86. The van der Waals surface area contributed by atoms with E-state index in [-0.39, 0.29) is 6.42 Å². The largest absolute Gasteiger partial charge is 0.488 e. The fourth-order valence-electron chi connectivity index (χ4n) is 1.59. The lowest BCUT2D eigenvalue weighted by Gasteiger charge is -2.13. The van der Waals surface area contributed by atoms with E-state index in [9.17, 15) is 4.79 Å². The first kappa shape index (κ1) is 14.5. The Morgan fingerprint density at radius 1 is 1.67 bits per heavy atom. The minimum atomic E-state index is -1.03. The number of carboxylic acids is 1. The van der Waals surface area contributed by atoms with Gasteiger partial charge in [0.15, 0.2) is 0 Å². The van der Waals surface area contributed by atoms with Gasteiger partial charge in [-0.05, 0) is 30.5 Å². The number of carbonyl (C=O) groups is 1. The third kappa shape index (κ3) is 3.75. The lowest BCUT2D eigenvalue weighted by molar-refractivity contribution is -0.138. The van der Waals surface area contributed by atoms with Gasteiger partial charge >= 0.3 is 5.97 Å². The number of benzene rings is 1. The molecule has 0 heterocycles. The molecule has 1 aromatic carbocycles. The fraction of sp³-hybridized carbons (Fsp3) is 0.308. The van der Waals surface area contributed by atoms with E-state index in [0.717, 1.165) is 11.1 Å². The zero-order chi connectivity index (χ0) is 13.7. The summed E-state index contributed by atoms with van der Waals surface area (Å²) in [6, 6.07) is 2.57. The van der Waals surface area contributed by atoms with Crippen LogP contribution in [0.5, 0.6) is 5.75 Å². The first-order chi connectivity index (χ1) is 8.45. The van der Waals surface area contributed by atoms with Gasteiger partial charge < -0.3 is 15.6 Å². The maximum absolute atomic E-state index is 10.7. The number of ether oxygens (including phenoxy) is 1. The van der Waals surface area contributed by atoms with Crippen LogP contribution in [0.15, 0.2) is 24.8 Å². The third-order valence-corrected chi connectivity index (χ3v) is 2.69. The van der Waals surface area contributed by atoms with Gasteiger partial charge in [-0.25, -0.2) is 0 Å². The smallest absolute Gasteiger partial charge is 0.320 e. The third-order valence-electron chi connectivity index (χ3n) is 2.41. The number of halogens is 1. The van der Waals surface area contributed by atoms with Crippen molar-refractivity contribution in [2.75, 3.05) is 6.61 Å². The molecule has 0 fully saturated rings. The highest BCUT2D eigenvalue weighted by Crippen LogP contribution is 2.30. The molecule has 0 saturated carbocycles. The summed E-state index contributed by atoms with van der Waals surface area (Å²) < 4.78 is 5.43. The minimum absolute atomic E-state index is 0.234. The summed E-state index contributed by atoms with van der Waals surface area (Å²) in [6.45, 7) is 5.78. The number of carboxylic acid groups (broad SMARTS) is 1. The number of aliphatic carboxylic acids is 1. The van der Waals surface area contributed by atoms with Crippen LogP contribution in [0, 0.1) is 6.92 Å². The number of hydrogen-bond donors (Lipinski definition) is 2. The van der Waals surface area contributed by atoms with Crippen LogP contribution in [0.1, 0.15) is 11.1 Å². The highest BCUT2D eigenvalue weighted by atomic mass is 35.5. The molecule has 0 amide bonds. The second kappa shape index (κ2) is 6.42. The molecule has 0 aliphatic carbocycles. The fourth-order valence-corrected chi connectivity index (χ4v) is 1.93. The van der Waals surface area contributed by atoms with Gasteiger partial charge in [0, 0.05) is 0 Å². The molecule has 4 nitrogen and oxygen atoms in total. The van der Waals surface area contributed by atoms with Crippen molar-refractivity contribution in [3.05, 3.63) is 40.9 Å². The second-order valence-electron chi connectivity index (χ2n) is 3.97. The molecular weight excluding hydrogens is 254 g/mol. The van der Waals surface area contributed by atoms with E-state index in [4.69, 9.17) is 27.2 Å². The van der Waals surface area contributed by atoms with E-state index in [2.05, 4.69) is 6.58 Å². The molecule has 3 N–H and O–H groups in total.